The molecule has 1 unspecified atom stereocenters. The summed E-state index contributed by atoms with van der Waals surface area (Å²) >= 11 is 0. The molecule has 0 fully saturated rings. The van der Waals surface area contributed by atoms with Gasteiger partial charge < -0.3 is 31.5 Å². The number of rotatable bonds is 50. The lowest BCUT2D eigenvalue weighted by atomic mass is 9.91. The fraction of sp³-hybridized carbons (Fsp3) is 0.870. The number of Topliss-reactive ketones (excluding diaryl/α,β-unsaturated/α-hetero) is 2. The van der Waals surface area contributed by atoms with Gasteiger partial charge in [0.25, 0.3) is 0 Å². The number of hydrogen-bond donors (Lipinski definition) is 5. The van der Waals surface area contributed by atoms with Gasteiger partial charge in [0.05, 0.1) is 39.6 Å². The van der Waals surface area contributed by atoms with Crippen LogP contribution in [0.2, 0.25) is 0 Å². The molecule has 6 N–H and O–H groups in total. The van der Waals surface area contributed by atoms with Crippen LogP contribution in [-0.2, 0) is 9.59 Å². The number of nitrogens with two attached hydrogens (primary N) is 1. The second kappa shape index (κ2) is 47.9. The Hall–Kier alpha value is -2.07. The fourth-order valence-electron chi connectivity index (χ4n) is 8.24. The highest BCUT2D eigenvalue weighted by atomic mass is 16.2. The highest BCUT2D eigenvalue weighted by Crippen LogP contribution is 2.19. The van der Waals surface area contributed by atoms with Gasteiger partial charge in [0.2, 0.25) is 0 Å². The van der Waals surface area contributed by atoms with Gasteiger partial charge in [0, 0.05) is 25.8 Å². The van der Waals surface area contributed by atoms with Gasteiger partial charge in [-0.1, -0.05) is 141 Å². The Morgan fingerprint density at radius 1 is 0.476 bits per heavy atom. The average molecular weight is 888 g/mol. The van der Waals surface area contributed by atoms with Crippen molar-refractivity contribution < 1.29 is 18.9 Å². The summed E-state index contributed by atoms with van der Waals surface area (Å²) in [6.07, 6.45) is 47.3. The number of unbranched alkanes of at least 4 members (excludes halogenated alkanes) is 23. The lowest BCUT2D eigenvalue weighted by Crippen LogP contribution is -2.50. The first-order chi connectivity index (χ1) is 30.8. The van der Waals surface area contributed by atoms with Crippen LogP contribution in [0.3, 0.4) is 0 Å². The van der Waals surface area contributed by atoms with E-state index in [0.29, 0.717) is 49.9 Å². The summed E-state index contributed by atoms with van der Waals surface area (Å²) in [6.45, 7) is 11.7. The van der Waals surface area contributed by atoms with Crippen molar-refractivity contribution in [3.63, 3.8) is 0 Å². The number of ketones is 2. The first-order valence-corrected chi connectivity index (χ1v) is 27.0. The number of carbonyl (C=O) groups is 3. The van der Waals surface area contributed by atoms with Crippen molar-refractivity contribution in [2.24, 2.45) is 11.7 Å². The molecule has 0 spiro atoms. The Morgan fingerprint density at radius 3 is 1.38 bits per heavy atom. The molecule has 0 saturated carbocycles. The minimum absolute atomic E-state index is 0.148. The number of urea groups is 1. The van der Waals surface area contributed by atoms with Crippen LogP contribution in [0.15, 0.2) is 24.3 Å². The number of nitrogens with one attached hydrogen (secondary N) is 4. The van der Waals surface area contributed by atoms with Crippen LogP contribution in [0.1, 0.15) is 226 Å². The van der Waals surface area contributed by atoms with Gasteiger partial charge in [-0.25, -0.2) is 4.79 Å². The number of allylic oxidation sites excluding steroid dienone is 4. The normalized spacial score (nSPS) is 12.5. The first kappa shape index (κ1) is 60.9. The van der Waals surface area contributed by atoms with E-state index < -0.39 is 0 Å². The standard InChI is InChI=1S/C54H106N6O3/c1-5-7-9-11-13-15-17-19-21-23-25-27-29-31-33-39-52(61)49-51(53(62)40-34-32-30-28-26-24-22-20-18-16-14-12-10-8-6-2)50-60(3,4)48-47-59-54(63)58-46-38-45-57-43-36-35-42-56-44-37-41-55/h19-22,51,56-57H,5-18,23-50,55H2,1-4H3,(H-,58,59,63)/p+1/b21-19-,22-20-. The molecule has 370 valence electrons. The first-order valence-electron chi connectivity index (χ1n) is 27.0. The van der Waals surface area contributed by atoms with Gasteiger partial charge in [-0.2, -0.15) is 0 Å². The zero-order valence-electron chi connectivity index (χ0n) is 42.3. The molecule has 9 nitrogen and oxygen atoms in total. The highest BCUT2D eigenvalue weighted by Gasteiger charge is 2.29. The van der Waals surface area contributed by atoms with Gasteiger partial charge in [-0.15, -0.1) is 0 Å². The van der Waals surface area contributed by atoms with E-state index >= 15 is 0 Å². The Labute approximate surface area is 391 Å². The summed E-state index contributed by atoms with van der Waals surface area (Å²) in [4.78, 5) is 39.5. The van der Waals surface area contributed by atoms with Crippen LogP contribution in [0.4, 0.5) is 4.79 Å². The molecule has 0 aromatic rings. The summed E-state index contributed by atoms with van der Waals surface area (Å²) in [5.74, 6) is 0.217. The van der Waals surface area contributed by atoms with Gasteiger partial charge in [-0.3, -0.25) is 9.59 Å². The topological polar surface area (TPSA) is 125 Å². The molecule has 63 heavy (non-hydrogen) atoms. The summed E-state index contributed by atoms with van der Waals surface area (Å²) in [7, 11) is 4.25. The van der Waals surface area contributed by atoms with Crippen LogP contribution in [0.5, 0.6) is 0 Å². The van der Waals surface area contributed by atoms with Crippen molar-refractivity contribution in [3.05, 3.63) is 24.3 Å². The van der Waals surface area contributed by atoms with Crippen molar-refractivity contribution in [1.82, 2.24) is 21.3 Å². The summed E-state index contributed by atoms with van der Waals surface area (Å²) in [6, 6.07) is -0.148. The molecule has 0 heterocycles. The molecule has 9 heteroatoms. The van der Waals surface area contributed by atoms with Crippen LogP contribution in [-0.4, -0.2) is 95.1 Å². The third-order valence-electron chi connectivity index (χ3n) is 12.4. The van der Waals surface area contributed by atoms with E-state index in [-0.39, 0.29) is 23.5 Å². The lowest BCUT2D eigenvalue weighted by molar-refractivity contribution is -0.891. The molecule has 0 aliphatic heterocycles. The number of quaternary nitrogens is 1. The second-order valence-electron chi connectivity index (χ2n) is 19.3. The minimum Gasteiger partial charge on any atom is -0.338 e. The maximum absolute atomic E-state index is 13.7. The Bertz CT molecular complexity index is 1080. The molecule has 0 aliphatic carbocycles. The van der Waals surface area contributed by atoms with Crippen molar-refractivity contribution in [2.45, 2.75) is 226 Å². The Kier molecular flexibility index (Phi) is 46.3. The van der Waals surface area contributed by atoms with E-state index in [4.69, 9.17) is 5.73 Å². The molecule has 2 amide bonds. The molecule has 0 saturated heterocycles. The zero-order valence-corrected chi connectivity index (χ0v) is 42.3. The van der Waals surface area contributed by atoms with E-state index in [0.717, 1.165) is 103 Å². The predicted molar refractivity (Wildman–Crippen MR) is 274 cm³/mol. The molecular weight excluding hydrogens is 781 g/mol. The van der Waals surface area contributed by atoms with Crippen molar-refractivity contribution in [3.8, 4) is 0 Å². The summed E-state index contributed by atoms with van der Waals surface area (Å²) in [5, 5.41) is 12.9. The van der Waals surface area contributed by atoms with Crippen molar-refractivity contribution in [2.75, 3.05) is 73.0 Å². The van der Waals surface area contributed by atoms with Crippen LogP contribution in [0, 0.1) is 5.92 Å². The summed E-state index contributed by atoms with van der Waals surface area (Å²) in [5.41, 5.74) is 5.53. The number of likely N-dealkylation sites (N-methyl/N-ethyl adjacent to an activating group) is 1. The number of nitrogens with zero attached hydrogens (tertiary/aromatic N) is 1. The lowest BCUT2D eigenvalue weighted by Gasteiger charge is -2.33. The Balaban J connectivity index is 4.60. The SMILES string of the molecule is CCCCCCCC/C=C\CCCCCCCC(=O)CC(C[N+](C)(C)CCNC(=O)NCCCNCCCCNCCCN)C(=O)CCCCCCC/C=C\CCCCCCCC. The Morgan fingerprint density at radius 2 is 0.889 bits per heavy atom. The van der Waals surface area contributed by atoms with E-state index in [2.05, 4.69) is 73.5 Å². The monoisotopic (exact) mass is 888 g/mol. The predicted octanol–water partition coefficient (Wildman–Crippen LogP) is 12.3. The molecule has 0 aliphatic rings. The van der Waals surface area contributed by atoms with Gasteiger partial charge in [0.1, 0.15) is 11.6 Å². The highest BCUT2D eigenvalue weighted by molar-refractivity contribution is 5.88. The largest absolute Gasteiger partial charge is 0.338 e. The maximum Gasteiger partial charge on any atom is 0.314 e. The van der Waals surface area contributed by atoms with E-state index in [1.807, 2.05) is 0 Å². The van der Waals surface area contributed by atoms with E-state index in [9.17, 15) is 14.4 Å². The van der Waals surface area contributed by atoms with Crippen molar-refractivity contribution in [1.29, 1.82) is 0 Å². The number of amides is 2. The third-order valence-corrected chi connectivity index (χ3v) is 12.4. The quantitative estimate of drug-likeness (QED) is 0.0235. The van der Waals surface area contributed by atoms with E-state index in [1.54, 1.807) is 0 Å². The molecule has 0 radical (unpaired) electrons. The number of hydrogen-bond acceptors (Lipinski definition) is 6. The van der Waals surface area contributed by atoms with E-state index in [1.165, 1.54) is 122 Å². The molecule has 0 aromatic carbocycles. The van der Waals surface area contributed by atoms with Crippen LogP contribution >= 0.6 is 0 Å². The molecule has 1 atom stereocenters. The van der Waals surface area contributed by atoms with Gasteiger partial charge in [-0.05, 0) is 123 Å². The number of carbonyl (C=O) groups excluding carboxylic acids is 3. The van der Waals surface area contributed by atoms with Gasteiger partial charge >= 0.3 is 6.03 Å². The van der Waals surface area contributed by atoms with Crippen molar-refractivity contribution >= 4 is 17.6 Å². The van der Waals surface area contributed by atoms with Gasteiger partial charge in [0.15, 0.2) is 0 Å². The zero-order chi connectivity index (χ0) is 46.2. The molecule has 0 rings (SSSR count). The van der Waals surface area contributed by atoms with Crippen LogP contribution < -0.4 is 27.0 Å². The maximum atomic E-state index is 13.7. The molecule has 0 aromatic heterocycles. The average Bonchev–Trinajstić information content (AvgIpc) is 3.26. The molecule has 0 bridgehead atoms. The minimum atomic E-state index is -0.263. The smallest absolute Gasteiger partial charge is 0.314 e. The molecular formula is C54H107N6O3+. The third kappa shape index (κ3) is 46.3. The van der Waals surface area contributed by atoms with Crippen LogP contribution in [0.25, 0.3) is 0 Å². The summed E-state index contributed by atoms with van der Waals surface area (Å²) < 4.78 is 0.593. The fourth-order valence-corrected chi connectivity index (χ4v) is 8.24. The second-order valence-corrected chi connectivity index (χ2v) is 19.3.